The van der Waals surface area contributed by atoms with Gasteiger partial charge in [0.2, 0.25) is 0 Å². The van der Waals surface area contributed by atoms with Gasteiger partial charge in [-0.2, -0.15) is 13.2 Å². The molecule has 5 nitrogen and oxygen atoms in total. The predicted octanol–water partition coefficient (Wildman–Crippen LogP) is 1.81. The number of carboxylic acid groups (broad SMARTS) is 1. The van der Waals surface area contributed by atoms with Crippen LogP contribution in [0.5, 0.6) is 0 Å². The molecule has 0 aromatic rings. The molecule has 2 aliphatic rings. The first-order valence-electron chi connectivity index (χ1n) is 7.00. The second-order valence-corrected chi connectivity index (χ2v) is 5.56. The molecule has 1 saturated heterocycles. The summed E-state index contributed by atoms with van der Waals surface area (Å²) in [7, 11) is 0. The van der Waals surface area contributed by atoms with Crippen molar-refractivity contribution < 1.29 is 32.6 Å². The zero-order valence-electron chi connectivity index (χ0n) is 11.4. The van der Waals surface area contributed by atoms with E-state index >= 15 is 0 Å². The Morgan fingerprint density at radius 1 is 1.05 bits per heavy atom. The number of nitrogens with zero attached hydrogens (tertiary/aromatic N) is 1. The molecule has 1 aliphatic carbocycles. The Balaban J connectivity index is 2.16. The number of ether oxygens (including phenoxy) is 1. The van der Waals surface area contributed by atoms with Gasteiger partial charge in [-0.3, -0.25) is 9.59 Å². The fourth-order valence-corrected chi connectivity index (χ4v) is 3.17. The summed E-state index contributed by atoms with van der Waals surface area (Å²) in [6.45, 7) is 0.642. The quantitative estimate of drug-likeness (QED) is 0.863. The van der Waals surface area contributed by atoms with Crippen LogP contribution in [0.15, 0.2) is 0 Å². The lowest BCUT2D eigenvalue weighted by atomic mass is 10.0. The van der Waals surface area contributed by atoms with Crippen molar-refractivity contribution in [2.24, 2.45) is 5.92 Å². The number of hydrogen-bond acceptors (Lipinski definition) is 3. The SMILES string of the molecule is O=C(O)C1CC[C@@H](N(C(=O)C(F)(F)F)C2CCOCC2)C1. The highest BCUT2D eigenvalue weighted by molar-refractivity contribution is 5.82. The Morgan fingerprint density at radius 3 is 2.14 bits per heavy atom. The first kappa shape index (κ1) is 16.1. The third-order valence-corrected chi connectivity index (χ3v) is 4.21. The number of amides is 1. The molecular weight excluding hydrogens is 291 g/mol. The Kier molecular flexibility index (Phi) is 4.75. The van der Waals surface area contributed by atoms with Crippen LogP contribution in [0.1, 0.15) is 32.1 Å². The molecule has 1 aliphatic heterocycles. The van der Waals surface area contributed by atoms with Crippen molar-refractivity contribution in [1.29, 1.82) is 0 Å². The van der Waals surface area contributed by atoms with Crippen molar-refractivity contribution in [3.8, 4) is 0 Å². The van der Waals surface area contributed by atoms with Gasteiger partial charge in [-0.1, -0.05) is 0 Å². The van der Waals surface area contributed by atoms with Crippen LogP contribution in [0.25, 0.3) is 0 Å². The lowest BCUT2D eigenvalue weighted by molar-refractivity contribution is -0.192. The van der Waals surface area contributed by atoms with Crippen LogP contribution in [0.4, 0.5) is 13.2 Å². The third-order valence-electron chi connectivity index (χ3n) is 4.21. The molecule has 0 aromatic carbocycles. The summed E-state index contributed by atoms with van der Waals surface area (Å²) in [6, 6.07) is -1.17. The van der Waals surface area contributed by atoms with E-state index in [0.717, 1.165) is 4.90 Å². The summed E-state index contributed by atoms with van der Waals surface area (Å²) in [4.78, 5) is 23.6. The zero-order chi connectivity index (χ0) is 15.6. The van der Waals surface area contributed by atoms with Crippen LogP contribution < -0.4 is 0 Å². The number of carbonyl (C=O) groups is 2. The molecule has 0 bridgehead atoms. The summed E-state index contributed by atoms with van der Waals surface area (Å²) >= 11 is 0. The summed E-state index contributed by atoms with van der Waals surface area (Å²) in [6.07, 6.45) is -3.51. The Morgan fingerprint density at radius 2 is 1.67 bits per heavy atom. The number of alkyl halides is 3. The Labute approximate surface area is 120 Å². The number of aliphatic carboxylic acids is 1. The smallest absolute Gasteiger partial charge is 0.471 e. The number of halogens is 3. The molecule has 8 heteroatoms. The highest BCUT2D eigenvalue weighted by Gasteiger charge is 2.48. The molecule has 2 atom stereocenters. The third kappa shape index (κ3) is 3.66. The first-order valence-corrected chi connectivity index (χ1v) is 7.00. The molecule has 1 N–H and O–H groups in total. The molecular formula is C13H18F3NO4. The van der Waals surface area contributed by atoms with Gasteiger partial charge in [-0.15, -0.1) is 0 Å². The zero-order valence-corrected chi connectivity index (χ0v) is 11.4. The monoisotopic (exact) mass is 309 g/mol. The minimum absolute atomic E-state index is 0.0918. The van der Waals surface area contributed by atoms with Crippen molar-refractivity contribution in [3.63, 3.8) is 0 Å². The molecule has 2 rings (SSSR count). The molecule has 0 aromatic heterocycles. The molecule has 1 heterocycles. The summed E-state index contributed by atoms with van der Waals surface area (Å²) in [5, 5.41) is 8.98. The van der Waals surface area contributed by atoms with Crippen LogP contribution in [0, 0.1) is 5.92 Å². The average Bonchev–Trinajstić information content (AvgIpc) is 2.89. The van der Waals surface area contributed by atoms with Crippen molar-refractivity contribution >= 4 is 11.9 Å². The van der Waals surface area contributed by atoms with Crippen LogP contribution in [0.3, 0.4) is 0 Å². The van der Waals surface area contributed by atoms with Crippen molar-refractivity contribution in [3.05, 3.63) is 0 Å². The summed E-state index contributed by atoms with van der Waals surface area (Å²) < 4.78 is 43.6. The second-order valence-electron chi connectivity index (χ2n) is 5.56. The van der Waals surface area contributed by atoms with Gasteiger partial charge in [0.25, 0.3) is 0 Å². The predicted molar refractivity (Wildman–Crippen MR) is 65.5 cm³/mol. The fraction of sp³-hybridized carbons (Fsp3) is 0.846. The molecule has 0 radical (unpaired) electrons. The van der Waals surface area contributed by atoms with Crippen molar-refractivity contribution in [2.75, 3.05) is 13.2 Å². The van der Waals surface area contributed by atoms with E-state index in [9.17, 15) is 22.8 Å². The van der Waals surface area contributed by atoms with E-state index in [1.54, 1.807) is 0 Å². The van der Waals surface area contributed by atoms with E-state index in [2.05, 4.69) is 0 Å². The topological polar surface area (TPSA) is 66.8 Å². The molecule has 21 heavy (non-hydrogen) atoms. The molecule has 120 valence electrons. The number of rotatable bonds is 3. The maximum atomic E-state index is 12.8. The highest BCUT2D eigenvalue weighted by Crippen LogP contribution is 2.35. The standard InChI is InChI=1S/C13H18F3NO4/c14-13(15,16)12(20)17(9-3-5-21-6-4-9)10-2-1-8(7-10)11(18)19/h8-10H,1-7H2,(H,18,19)/t8?,10-/m1/s1. The number of carboxylic acids is 1. The van der Waals surface area contributed by atoms with Gasteiger partial charge in [0, 0.05) is 25.3 Å². The van der Waals surface area contributed by atoms with E-state index in [1.165, 1.54) is 0 Å². The minimum atomic E-state index is -4.93. The van der Waals surface area contributed by atoms with Crippen LogP contribution >= 0.6 is 0 Å². The second kappa shape index (κ2) is 6.21. The van der Waals surface area contributed by atoms with Gasteiger partial charge in [0.15, 0.2) is 0 Å². The molecule has 1 unspecified atom stereocenters. The van der Waals surface area contributed by atoms with Crippen LogP contribution in [-0.4, -0.2) is 53.4 Å². The Hall–Kier alpha value is -1.31. The highest BCUT2D eigenvalue weighted by atomic mass is 19.4. The Bertz CT molecular complexity index is 407. The van der Waals surface area contributed by atoms with E-state index < -0.39 is 36.1 Å². The lowest BCUT2D eigenvalue weighted by Crippen LogP contribution is -2.53. The van der Waals surface area contributed by atoms with E-state index in [1.807, 2.05) is 0 Å². The van der Waals surface area contributed by atoms with Gasteiger partial charge in [0.05, 0.1) is 5.92 Å². The van der Waals surface area contributed by atoms with E-state index in [-0.39, 0.29) is 6.42 Å². The average molecular weight is 309 g/mol. The largest absolute Gasteiger partial charge is 0.481 e. The van der Waals surface area contributed by atoms with Gasteiger partial charge in [-0.05, 0) is 32.1 Å². The number of hydrogen-bond donors (Lipinski definition) is 1. The summed E-state index contributed by atoms with van der Waals surface area (Å²) in [5.41, 5.74) is 0. The van der Waals surface area contributed by atoms with Gasteiger partial charge in [0.1, 0.15) is 0 Å². The van der Waals surface area contributed by atoms with Crippen LogP contribution in [0.2, 0.25) is 0 Å². The van der Waals surface area contributed by atoms with Gasteiger partial charge in [-0.25, -0.2) is 0 Å². The maximum Gasteiger partial charge on any atom is 0.471 e. The summed E-state index contributed by atoms with van der Waals surface area (Å²) in [5.74, 6) is -3.53. The van der Waals surface area contributed by atoms with E-state index in [0.29, 0.717) is 38.9 Å². The lowest BCUT2D eigenvalue weighted by Gasteiger charge is -2.38. The minimum Gasteiger partial charge on any atom is -0.481 e. The first-order chi connectivity index (χ1) is 9.80. The molecule has 2 fully saturated rings. The van der Waals surface area contributed by atoms with E-state index in [4.69, 9.17) is 9.84 Å². The number of carbonyl (C=O) groups excluding carboxylic acids is 1. The normalized spacial score (nSPS) is 27.6. The van der Waals surface area contributed by atoms with Gasteiger partial charge >= 0.3 is 18.1 Å². The molecule has 1 saturated carbocycles. The fourth-order valence-electron chi connectivity index (χ4n) is 3.17. The van der Waals surface area contributed by atoms with Crippen molar-refractivity contribution in [2.45, 2.75) is 50.4 Å². The van der Waals surface area contributed by atoms with Gasteiger partial charge < -0.3 is 14.7 Å². The maximum absolute atomic E-state index is 12.8. The molecule has 1 amide bonds. The molecule has 0 spiro atoms. The van der Waals surface area contributed by atoms with Crippen molar-refractivity contribution in [1.82, 2.24) is 4.90 Å². The van der Waals surface area contributed by atoms with Crippen LogP contribution in [-0.2, 0) is 14.3 Å².